The summed E-state index contributed by atoms with van der Waals surface area (Å²) in [6.07, 6.45) is 0.162. The van der Waals surface area contributed by atoms with Gasteiger partial charge >= 0.3 is 0 Å². The van der Waals surface area contributed by atoms with Crippen LogP contribution in [0, 0.1) is 0 Å². The fraction of sp³-hybridized carbons (Fsp3) is 0.450. The molecule has 2 aromatic carbocycles. The van der Waals surface area contributed by atoms with Gasteiger partial charge < -0.3 is 19.9 Å². The zero-order chi connectivity index (χ0) is 18.6. The molecule has 0 radical (unpaired) electrons. The lowest BCUT2D eigenvalue weighted by Crippen LogP contribution is -2.55. The van der Waals surface area contributed by atoms with Crippen molar-refractivity contribution in [3.05, 3.63) is 42.0 Å². The highest BCUT2D eigenvalue weighted by Crippen LogP contribution is 2.26. The first-order chi connectivity index (χ1) is 12.5. The van der Waals surface area contributed by atoms with Crippen LogP contribution in [0.25, 0.3) is 10.8 Å². The van der Waals surface area contributed by atoms with Gasteiger partial charge in [-0.25, -0.2) is 0 Å². The molecule has 1 amide bonds. The maximum Gasteiger partial charge on any atom is 0.220 e. The summed E-state index contributed by atoms with van der Waals surface area (Å²) >= 11 is 0. The third kappa shape index (κ3) is 4.33. The van der Waals surface area contributed by atoms with Crippen molar-refractivity contribution in [2.24, 2.45) is 5.73 Å². The Bertz CT molecular complexity index is 775. The number of carbonyl (C=O) groups is 1. The zero-order valence-corrected chi connectivity index (χ0v) is 15.4. The third-order valence-electron chi connectivity index (χ3n) is 4.75. The van der Waals surface area contributed by atoms with E-state index in [2.05, 4.69) is 29.2 Å². The van der Waals surface area contributed by atoms with Gasteiger partial charge in [-0.3, -0.25) is 9.69 Å². The van der Waals surface area contributed by atoms with E-state index in [1.807, 2.05) is 12.1 Å². The molecule has 0 saturated carbocycles. The topological polar surface area (TPSA) is 74.0 Å². The molecule has 6 heteroatoms. The summed E-state index contributed by atoms with van der Waals surface area (Å²) in [6, 6.07) is 12.5. The van der Waals surface area contributed by atoms with Gasteiger partial charge in [-0.2, -0.15) is 0 Å². The second-order valence-corrected chi connectivity index (χ2v) is 6.87. The van der Waals surface area contributed by atoms with Crippen molar-refractivity contribution < 1.29 is 19.0 Å². The van der Waals surface area contributed by atoms with Gasteiger partial charge in [0.1, 0.15) is 11.4 Å². The average molecular weight is 358 g/mol. The SMILES string of the molecule is COC[C@@]1(CC(N)=O)CN(Cc2ccc3cc(OC)ccc3c2)CCO1. The number of hydrogen-bond acceptors (Lipinski definition) is 5. The molecular formula is C20H26N2O4. The minimum atomic E-state index is -0.664. The molecule has 6 nitrogen and oxygen atoms in total. The first kappa shape index (κ1) is 18.6. The lowest BCUT2D eigenvalue weighted by Gasteiger charge is -2.41. The van der Waals surface area contributed by atoms with Crippen LogP contribution < -0.4 is 10.5 Å². The van der Waals surface area contributed by atoms with Crippen molar-refractivity contribution in [3.63, 3.8) is 0 Å². The van der Waals surface area contributed by atoms with Crippen LogP contribution in [-0.4, -0.2) is 56.9 Å². The maximum absolute atomic E-state index is 11.5. The lowest BCUT2D eigenvalue weighted by molar-refractivity contribution is -0.154. The number of amides is 1. The van der Waals surface area contributed by atoms with Crippen molar-refractivity contribution in [1.82, 2.24) is 4.90 Å². The van der Waals surface area contributed by atoms with Crippen molar-refractivity contribution in [1.29, 1.82) is 0 Å². The van der Waals surface area contributed by atoms with Gasteiger partial charge in [0.15, 0.2) is 0 Å². The fourth-order valence-electron chi connectivity index (χ4n) is 3.64. The molecule has 26 heavy (non-hydrogen) atoms. The summed E-state index contributed by atoms with van der Waals surface area (Å²) in [5.74, 6) is 0.484. The molecule has 3 rings (SSSR count). The van der Waals surface area contributed by atoms with E-state index in [1.165, 1.54) is 10.9 Å². The van der Waals surface area contributed by atoms with Crippen molar-refractivity contribution in [2.45, 2.75) is 18.6 Å². The number of morpholine rings is 1. The summed E-state index contributed by atoms with van der Waals surface area (Å²) in [4.78, 5) is 13.8. The summed E-state index contributed by atoms with van der Waals surface area (Å²) in [7, 11) is 3.29. The minimum Gasteiger partial charge on any atom is -0.497 e. The molecule has 1 heterocycles. The van der Waals surface area contributed by atoms with Gasteiger partial charge in [-0.15, -0.1) is 0 Å². The Morgan fingerprint density at radius 3 is 2.73 bits per heavy atom. The Kier molecular flexibility index (Phi) is 5.76. The highest BCUT2D eigenvalue weighted by molar-refractivity contribution is 5.84. The van der Waals surface area contributed by atoms with Gasteiger partial charge in [0.25, 0.3) is 0 Å². The van der Waals surface area contributed by atoms with Crippen molar-refractivity contribution in [3.8, 4) is 5.75 Å². The molecule has 1 fully saturated rings. The molecule has 1 aliphatic rings. The molecular weight excluding hydrogens is 332 g/mol. The van der Waals surface area contributed by atoms with Gasteiger partial charge in [-0.1, -0.05) is 18.2 Å². The smallest absolute Gasteiger partial charge is 0.220 e. The standard InChI is InChI=1S/C20H26N2O4/c1-24-14-20(11-19(21)23)13-22(7-8-26-20)12-15-3-4-17-10-18(25-2)6-5-16(17)9-15/h3-6,9-10H,7-8,11-14H2,1-2H3,(H2,21,23)/t20-/m1/s1. The molecule has 1 saturated heterocycles. The fourth-order valence-corrected chi connectivity index (χ4v) is 3.64. The van der Waals surface area contributed by atoms with Crippen LogP contribution in [0.4, 0.5) is 0 Å². The largest absolute Gasteiger partial charge is 0.497 e. The van der Waals surface area contributed by atoms with Crippen LogP contribution in [0.3, 0.4) is 0 Å². The maximum atomic E-state index is 11.5. The Morgan fingerprint density at radius 1 is 1.23 bits per heavy atom. The van der Waals surface area contributed by atoms with E-state index < -0.39 is 5.60 Å². The Hall–Kier alpha value is -2.15. The number of primary amides is 1. The number of benzene rings is 2. The van der Waals surface area contributed by atoms with Gasteiger partial charge in [-0.05, 0) is 34.5 Å². The van der Waals surface area contributed by atoms with Crippen LogP contribution in [-0.2, 0) is 20.8 Å². The Balaban J connectivity index is 1.75. The summed E-state index contributed by atoms with van der Waals surface area (Å²) in [5, 5.41) is 2.33. The predicted molar refractivity (Wildman–Crippen MR) is 100 cm³/mol. The number of nitrogens with zero attached hydrogens (tertiary/aromatic N) is 1. The minimum absolute atomic E-state index is 0.162. The highest BCUT2D eigenvalue weighted by Gasteiger charge is 2.38. The van der Waals surface area contributed by atoms with Crippen LogP contribution in [0.5, 0.6) is 5.75 Å². The molecule has 0 spiro atoms. The summed E-state index contributed by atoms with van der Waals surface area (Å²) < 4.78 is 16.5. The number of ether oxygens (including phenoxy) is 3. The summed E-state index contributed by atoms with van der Waals surface area (Å²) in [5.41, 5.74) is 5.97. The monoisotopic (exact) mass is 358 g/mol. The number of nitrogens with two attached hydrogens (primary N) is 1. The van der Waals surface area contributed by atoms with Crippen LogP contribution in [0.1, 0.15) is 12.0 Å². The molecule has 0 aromatic heterocycles. The molecule has 0 bridgehead atoms. The second kappa shape index (κ2) is 8.03. The molecule has 2 N–H and O–H groups in total. The normalized spacial score (nSPS) is 21.0. The number of fused-ring (bicyclic) bond motifs is 1. The molecule has 0 aliphatic carbocycles. The molecule has 2 aromatic rings. The van der Waals surface area contributed by atoms with Crippen LogP contribution in [0.15, 0.2) is 36.4 Å². The van der Waals surface area contributed by atoms with E-state index in [1.54, 1.807) is 14.2 Å². The Labute approximate surface area is 153 Å². The number of hydrogen-bond donors (Lipinski definition) is 1. The van der Waals surface area contributed by atoms with E-state index in [0.717, 1.165) is 24.2 Å². The van der Waals surface area contributed by atoms with Gasteiger partial charge in [0.2, 0.25) is 5.91 Å². The number of methoxy groups -OCH3 is 2. The number of rotatable bonds is 7. The van der Waals surface area contributed by atoms with E-state index in [4.69, 9.17) is 19.9 Å². The van der Waals surface area contributed by atoms with Crippen LogP contribution >= 0.6 is 0 Å². The Morgan fingerprint density at radius 2 is 2.00 bits per heavy atom. The molecule has 0 unspecified atom stereocenters. The first-order valence-corrected chi connectivity index (χ1v) is 8.74. The van der Waals surface area contributed by atoms with Crippen molar-refractivity contribution >= 4 is 16.7 Å². The van der Waals surface area contributed by atoms with E-state index in [9.17, 15) is 4.79 Å². The van der Waals surface area contributed by atoms with E-state index >= 15 is 0 Å². The highest BCUT2D eigenvalue weighted by atomic mass is 16.5. The average Bonchev–Trinajstić information content (AvgIpc) is 2.61. The second-order valence-electron chi connectivity index (χ2n) is 6.87. The number of carbonyl (C=O) groups excluding carboxylic acids is 1. The van der Waals surface area contributed by atoms with Gasteiger partial charge in [0.05, 0.1) is 26.7 Å². The summed E-state index contributed by atoms with van der Waals surface area (Å²) in [6.45, 7) is 3.12. The lowest BCUT2D eigenvalue weighted by atomic mass is 9.97. The third-order valence-corrected chi connectivity index (χ3v) is 4.75. The van der Waals surface area contributed by atoms with E-state index in [0.29, 0.717) is 19.8 Å². The quantitative estimate of drug-likeness (QED) is 0.819. The molecule has 1 aliphatic heterocycles. The first-order valence-electron chi connectivity index (χ1n) is 8.74. The molecule has 1 atom stereocenters. The van der Waals surface area contributed by atoms with Crippen LogP contribution in [0.2, 0.25) is 0 Å². The van der Waals surface area contributed by atoms with E-state index in [-0.39, 0.29) is 12.3 Å². The zero-order valence-electron chi connectivity index (χ0n) is 15.4. The predicted octanol–water partition coefficient (Wildman–Crippen LogP) is 1.94. The van der Waals surface area contributed by atoms with Gasteiger partial charge in [0, 0.05) is 26.7 Å². The van der Waals surface area contributed by atoms with Crippen molar-refractivity contribution in [2.75, 3.05) is 40.5 Å². The molecule has 140 valence electrons.